The Morgan fingerprint density at radius 2 is 2.07 bits per heavy atom. The van der Waals surface area contributed by atoms with Gasteiger partial charge in [-0.1, -0.05) is 11.6 Å². The molecule has 0 radical (unpaired) electrons. The Balaban J connectivity index is 1.70. The molecule has 4 rings (SSSR count). The Labute approximate surface area is 164 Å². The maximum Gasteiger partial charge on any atom is 0.305 e. The summed E-state index contributed by atoms with van der Waals surface area (Å²) in [6.45, 7) is 3.31. The number of amides is 1. The number of benzene rings is 1. The van der Waals surface area contributed by atoms with Crippen molar-refractivity contribution in [3.63, 3.8) is 0 Å². The number of aryl methyl sites for hydroxylation is 1. The van der Waals surface area contributed by atoms with Crippen LogP contribution in [-0.4, -0.2) is 52.7 Å². The van der Waals surface area contributed by atoms with Crippen molar-refractivity contribution in [2.45, 2.75) is 51.0 Å². The smallest absolute Gasteiger partial charge is 0.305 e. The molecular weight excluding hydrogens is 356 g/mol. The molecule has 1 aromatic heterocycles. The molecule has 0 bridgehead atoms. The fraction of sp³-hybridized carbons (Fsp3) is 0.500. The summed E-state index contributed by atoms with van der Waals surface area (Å²) in [4.78, 5) is 31.1. The topological polar surface area (TPSA) is 79.7 Å². The zero-order valence-electron chi connectivity index (χ0n) is 16.2. The SMILES string of the molecule is Cc1ccc2nc(C3CC3)cc(C(=O)N(CCC(=O)O)CC3CCCO3)c2c1. The van der Waals surface area contributed by atoms with Gasteiger partial charge in [0.1, 0.15) is 0 Å². The number of fused-ring (bicyclic) bond motifs is 1. The maximum atomic E-state index is 13.5. The fourth-order valence-electron chi connectivity index (χ4n) is 3.84. The van der Waals surface area contributed by atoms with Crippen molar-refractivity contribution in [2.75, 3.05) is 19.7 Å². The van der Waals surface area contributed by atoms with Crippen LogP contribution < -0.4 is 0 Å². The number of carbonyl (C=O) groups excluding carboxylic acids is 1. The Morgan fingerprint density at radius 1 is 1.25 bits per heavy atom. The number of hydrogen-bond acceptors (Lipinski definition) is 4. The summed E-state index contributed by atoms with van der Waals surface area (Å²) < 4.78 is 5.70. The number of carboxylic acid groups (broad SMARTS) is 1. The van der Waals surface area contributed by atoms with Crippen molar-refractivity contribution in [3.8, 4) is 0 Å². The molecule has 2 aromatic rings. The van der Waals surface area contributed by atoms with Gasteiger partial charge in [-0.2, -0.15) is 0 Å². The van der Waals surface area contributed by atoms with Gasteiger partial charge in [0.15, 0.2) is 0 Å². The van der Waals surface area contributed by atoms with Gasteiger partial charge < -0.3 is 14.7 Å². The van der Waals surface area contributed by atoms with Gasteiger partial charge in [-0.3, -0.25) is 14.6 Å². The number of aliphatic carboxylic acids is 1. The van der Waals surface area contributed by atoms with Crippen LogP contribution in [-0.2, 0) is 9.53 Å². The minimum Gasteiger partial charge on any atom is -0.481 e. The fourth-order valence-corrected chi connectivity index (χ4v) is 3.84. The molecule has 2 heterocycles. The second kappa shape index (κ2) is 7.87. The van der Waals surface area contributed by atoms with Gasteiger partial charge >= 0.3 is 5.97 Å². The Kier molecular flexibility index (Phi) is 5.31. The molecule has 28 heavy (non-hydrogen) atoms. The summed E-state index contributed by atoms with van der Waals surface area (Å²) in [6.07, 6.45) is 4.01. The van der Waals surface area contributed by atoms with E-state index in [1.54, 1.807) is 4.90 Å². The summed E-state index contributed by atoms with van der Waals surface area (Å²) in [5.74, 6) is -0.598. The van der Waals surface area contributed by atoms with Crippen LogP contribution in [0.1, 0.15) is 59.6 Å². The van der Waals surface area contributed by atoms with Crippen LogP contribution in [0.5, 0.6) is 0 Å². The molecule has 1 amide bonds. The Morgan fingerprint density at radius 3 is 2.75 bits per heavy atom. The minimum absolute atomic E-state index is 0.0181. The summed E-state index contributed by atoms with van der Waals surface area (Å²) >= 11 is 0. The molecular formula is C22H26N2O4. The van der Waals surface area contributed by atoms with Gasteiger partial charge in [0.25, 0.3) is 5.91 Å². The van der Waals surface area contributed by atoms with Crippen LogP contribution in [0.15, 0.2) is 24.3 Å². The van der Waals surface area contributed by atoms with Crippen molar-refractivity contribution >= 4 is 22.8 Å². The van der Waals surface area contributed by atoms with Crippen LogP contribution >= 0.6 is 0 Å². The van der Waals surface area contributed by atoms with E-state index in [2.05, 4.69) is 0 Å². The highest BCUT2D eigenvalue weighted by Gasteiger charge is 2.29. The van der Waals surface area contributed by atoms with Crippen LogP contribution in [0, 0.1) is 6.92 Å². The van der Waals surface area contributed by atoms with E-state index in [0.29, 0.717) is 24.6 Å². The third-order valence-electron chi connectivity index (χ3n) is 5.54. The van der Waals surface area contributed by atoms with E-state index in [1.165, 1.54) is 0 Å². The largest absolute Gasteiger partial charge is 0.481 e. The van der Waals surface area contributed by atoms with Crippen molar-refractivity contribution in [1.82, 2.24) is 9.88 Å². The lowest BCUT2D eigenvalue weighted by molar-refractivity contribution is -0.137. The number of pyridine rings is 1. The number of carboxylic acids is 1. The third-order valence-corrected chi connectivity index (χ3v) is 5.54. The highest BCUT2D eigenvalue weighted by Crippen LogP contribution is 2.40. The third kappa shape index (κ3) is 4.17. The first-order valence-corrected chi connectivity index (χ1v) is 10.1. The number of hydrogen-bond donors (Lipinski definition) is 1. The summed E-state index contributed by atoms with van der Waals surface area (Å²) in [7, 11) is 0. The lowest BCUT2D eigenvalue weighted by atomic mass is 10.0. The van der Waals surface area contributed by atoms with Gasteiger partial charge in [-0.25, -0.2) is 0 Å². The highest BCUT2D eigenvalue weighted by molar-refractivity contribution is 6.06. The van der Waals surface area contributed by atoms with Gasteiger partial charge in [0.05, 0.1) is 23.6 Å². The maximum absolute atomic E-state index is 13.5. The second-order valence-electron chi connectivity index (χ2n) is 7.92. The first-order chi connectivity index (χ1) is 13.5. The van der Waals surface area contributed by atoms with Crippen LogP contribution in [0.25, 0.3) is 10.9 Å². The Bertz CT molecular complexity index is 901. The van der Waals surface area contributed by atoms with Gasteiger partial charge in [-0.05, 0) is 50.8 Å². The molecule has 1 aliphatic heterocycles. The van der Waals surface area contributed by atoms with E-state index >= 15 is 0 Å². The van der Waals surface area contributed by atoms with E-state index in [9.17, 15) is 9.59 Å². The van der Waals surface area contributed by atoms with E-state index in [4.69, 9.17) is 14.8 Å². The lowest BCUT2D eigenvalue weighted by Gasteiger charge is -2.26. The van der Waals surface area contributed by atoms with E-state index < -0.39 is 5.97 Å². The standard InChI is InChI=1S/C22H26N2O4/c1-14-4-7-19-17(11-14)18(12-20(23-19)15-5-6-15)22(27)24(9-8-21(25)26)13-16-3-2-10-28-16/h4,7,11-12,15-16H,2-3,5-6,8-10,13H2,1H3,(H,25,26). The van der Waals surface area contributed by atoms with Gasteiger partial charge in [0.2, 0.25) is 0 Å². The molecule has 1 saturated heterocycles. The lowest BCUT2D eigenvalue weighted by Crippen LogP contribution is -2.39. The van der Waals surface area contributed by atoms with Crippen molar-refractivity contribution in [1.29, 1.82) is 0 Å². The summed E-state index contributed by atoms with van der Waals surface area (Å²) in [5.41, 5.74) is 3.49. The summed E-state index contributed by atoms with van der Waals surface area (Å²) in [6, 6.07) is 7.89. The van der Waals surface area contributed by atoms with E-state index in [-0.39, 0.29) is 25.0 Å². The monoisotopic (exact) mass is 382 g/mol. The van der Waals surface area contributed by atoms with Crippen molar-refractivity contribution in [3.05, 3.63) is 41.1 Å². The average Bonchev–Trinajstić information content (AvgIpc) is 3.40. The van der Waals surface area contributed by atoms with Gasteiger partial charge in [-0.15, -0.1) is 0 Å². The molecule has 1 saturated carbocycles. The number of rotatable bonds is 7. The van der Waals surface area contributed by atoms with Crippen LogP contribution in [0.3, 0.4) is 0 Å². The average molecular weight is 382 g/mol. The molecule has 2 fully saturated rings. The number of ether oxygens (including phenoxy) is 1. The summed E-state index contributed by atoms with van der Waals surface area (Å²) in [5, 5.41) is 9.96. The second-order valence-corrected chi connectivity index (χ2v) is 7.92. The first-order valence-electron chi connectivity index (χ1n) is 10.1. The zero-order valence-corrected chi connectivity index (χ0v) is 16.2. The molecule has 0 spiro atoms. The zero-order chi connectivity index (χ0) is 19.7. The molecule has 1 aromatic carbocycles. The van der Waals surface area contributed by atoms with Crippen LogP contribution in [0.4, 0.5) is 0 Å². The molecule has 1 aliphatic carbocycles. The predicted octanol–water partition coefficient (Wildman–Crippen LogP) is 3.52. The van der Waals surface area contributed by atoms with E-state index in [1.807, 2.05) is 31.2 Å². The molecule has 6 heteroatoms. The van der Waals surface area contributed by atoms with Crippen molar-refractivity contribution < 1.29 is 19.4 Å². The quantitative estimate of drug-likeness (QED) is 0.793. The first kappa shape index (κ1) is 18.9. The Hall–Kier alpha value is -2.47. The molecule has 1 N–H and O–H groups in total. The molecule has 148 valence electrons. The number of nitrogens with zero attached hydrogens (tertiary/aromatic N) is 2. The normalized spacial score (nSPS) is 19.1. The molecule has 2 aliphatic rings. The molecule has 1 atom stereocenters. The van der Waals surface area contributed by atoms with E-state index in [0.717, 1.165) is 47.8 Å². The molecule has 1 unspecified atom stereocenters. The van der Waals surface area contributed by atoms with Crippen LogP contribution in [0.2, 0.25) is 0 Å². The van der Waals surface area contributed by atoms with Gasteiger partial charge in [0, 0.05) is 36.7 Å². The number of carbonyl (C=O) groups is 2. The predicted molar refractivity (Wildman–Crippen MR) is 106 cm³/mol. The number of aromatic nitrogens is 1. The van der Waals surface area contributed by atoms with Crippen molar-refractivity contribution in [2.24, 2.45) is 0 Å². The molecule has 6 nitrogen and oxygen atoms in total. The highest BCUT2D eigenvalue weighted by atomic mass is 16.5. The minimum atomic E-state index is -0.903.